The molecule has 0 saturated carbocycles. The molecule has 0 atom stereocenters. The second-order valence-electron chi connectivity index (χ2n) is 13.2. The zero-order chi connectivity index (χ0) is 34.4. The highest BCUT2D eigenvalue weighted by molar-refractivity contribution is 7.26. The van der Waals surface area contributed by atoms with Crippen LogP contribution in [0, 0.1) is 0 Å². The number of hydrogen-bond acceptors (Lipinski definition) is 2. The van der Waals surface area contributed by atoms with Crippen molar-refractivity contribution in [3.8, 4) is 33.4 Å². The van der Waals surface area contributed by atoms with Crippen LogP contribution >= 0.6 is 11.3 Å². The molecule has 0 radical (unpaired) electrons. The van der Waals surface area contributed by atoms with E-state index in [0.29, 0.717) is 0 Å². The van der Waals surface area contributed by atoms with Gasteiger partial charge in [0.05, 0.1) is 21.8 Å². The standard InChI is InChI=1S/C50H33NS/c1-2-17-34(18-3-1)36-20-6-7-22-38(36)40-24-8-9-25-41(40)42-26-12-14-30-46(42)51(47-31-16-29-45-44-28-13-15-32-49(44)52-50(45)47)48-33-35-19-4-5-21-37(35)39-23-10-11-27-43(39)48/h1-33H. The second kappa shape index (κ2) is 12.7. The number of nitrogens with zero attached hydrogens (tertiary/aromatic N) is 1. The van der Waals surface area contributed by atoms with E-state index in [0.717, 1.165) is 11.4 Å². The van der Waals surface area contributed by atoms with Gasteiger partial charge in [0.15, 0.2) is 0 Å². The number of thiophene rings is 1. The van der Waals surface area contributed by atoms with Crippen LogP contribution in [0.15, 0.2) is 200 Å². The Kier molecular flexibility index (Phi) is 7.41. The summed E-state index contributed by atoms with van der Waals surface area (Å²) in [6.45, 7) is 0. The van der Waals surface area contributed by atoms with Crippen LogP contribution in [0.5, 0.6) is 0 Å². The van der Waals surface area contributed by atoms with Crippen LogP contribution in [-0.2, 0) is 0 Å². The van der Waals surface area contributed by atoms with Crippen molar-refractivity contribution in [2.75, 3.05) is 4.90 Å². The molecule has 9 aromatic carbocycles. The monoisotopic (exact) mass is 679 g/mol. The van der Waals surface area contributed by atoms with Gasteiger partial charge in [0.25, 0.3) is 0 Å². The van der Waals surface area contributed by atoms with Crippen LogP contribution in [0.3, 0.4) is 0 Å². The van der Waals surface area contributed by atoms with Crippen LogP contribution in [0.25, 0.3) is 75.1 Å². The Labute approximate surface area is 307 Å². The van der Waals surface area contributed by atoms with E-state index in [4.69, 9.17) is 0 Å². The third-order valence-corrected chi connectivity index (χ3v) is 11.5. The van der Waals surface area contributed by atoms with Crippen molar-refractivity contribution < 1.29 is 0 Å². The van der Waals surface area contributed by atoms with Crippen LogP contribution in [-0.4, -0.2) is 0 Å². The smallest absolute Gasteiger partial charge is 0.0640 e. The Balaban J connectivity index is 1.29. The third kappa shape index (κ3) is 4.99. The summed E-state index contributed by atoms with van der Waals surface area (Å²) in [4.78, 5) is 2.53. The largest absolute Gasteiger partial charge is 0.308 e. The fourth-order valence-corrected chi connectivity index (χ4v) is 9.16. The lowest BCUT2D eigenvalue weighted by molar-refractivity contribution is 1.32. The molecule has 0 spiro atoms. The molecule has 244 valence electrons. The molecule has 0 aliphatic rings. The highest BCUT2D eigenvalue weighted by atomic mass is 32.1. The Bertz CT molecular complexity index is 2920. The fourth-order valence-electron chi connectivity index (χ4n) is 7.95. The molecular formula is C50H33NS. The zero-order valence-corrected chi connectivity index (χ0v) is 29.2. The van der Waals surface area contributed by atoms with E-state index >= 15 is 0 Å². The summed E-state index contributed by atoms with van der Waals surface area (Å²) in [5, 5.41) is 7.53. The Morgan fingerprint density at radius 1 is 0.308 bits per heavy atom. The van der Waals surface area contributed by atoms with E-state index in [1.165, 1.54) is 80.8 Å². The molecule has 10 aromatic rings. The van der Waals surface area contributed by atoms with Gasteiger partial charge in [-0.05, 0) is 68.2 Å². The van der Waals surface area contributed by atoms with Gasteiger partial charge in [0.2, 0.25) is 0 Å². The highest BCUT2D eigenvalue weighted by Gasteiger charge is 2.24. The Morgan fingerprint density at radius 3 is 1.62 bits per heavy atom. The number of benzene rings is 9. The molecule has 0 amide bonds. The quantitative estimate of drug-likeness (QED) is 0.158. The van der Waals surface area contributed by atoms with Gasteiger partial charge in [-0.2, -0.15) is 0 Å². The van der Waals surface area contributed by atoms with Crippen LogP contribution in [0.2, 0.25) is 0 Å². The molecule has 2 heteroatoms. The number of hydrogen-bond donors (Lipinski definition) is 0. The molecule has 1 heterocycles. The van der Waals surface area contributed by atoms with Gasteiger partial charge >= 0.3 is 0 Å². The minimum absolute atomic E-state index is 1.14. The highest BCUT2D eigenvalue weighted by Crippen LogP contribution is 2.50. The maximum atomic E-state index is 2.53. The van der Waals surface area contributed by atoms with Gasteiger partial charge in [0.1, 0.15) is 0 Å². The fraction of sp³-hybridized carbons (Fsp3) is 0. The summed E-state index contributed by atoms with van der Waals surface area (Å²) in [5.74, 6) is 0. The molecule has 0 aliphatic carbocycles. The van der Waals surface area contributed by atoms with E-state index in [1.54, 1.807) is 0 Å². The van der Waals surface area contributed by atoms with Gasteiger partial charge in [-0.3, -0.25) is 0 Å². The van der Waals surface area contributed by atoms with Gasteiger partial charge in [0, 0.05) is 26.4 Å². The maximum absolute atomic E-state index is 2.53. The van der Waals surface area contributed by atoms with Crippen LogP contribution in [0.4, 0.5) is 17.1 Å². The molecular weight excluding hydrogens is 647 g/mol. The average molecular weight is 680 g/mol. The van der Waals surface area contributed by atoms with Crippen molar-refractivity contribution in [2.45, 2.75) is 0 Å². The zero-order valence-electron chi connectivity index (χ0n) is 28.4. The SMILES string of the molecule is c1ccc(-c2ccccc2-c2ccccc2-c2ccccc2N(c2cc3ccccc3c3ccccc23)c2cccc3c2sc2ccccc23)cc1. The first-order valence-electron chi connectivity index (χ1n) is 17.8. The summed E-state index contributed by atoms with van der Waals surface area (Å²) >= 11 is 1.87. The molecule has 0 N–H and O–H groups in total. The van der Waals surface area contributed by atoms with Crippen LogP contribution < -0.4 is 4.90 Å². The third-order valence-electron chi connectivity index (χ3n) is 10.3. The lowest BCUT2D eigenvalue weighted by Gasteiger charge is -2.30. The van der Waals surface area contributed by atoms with Gasteiger partial charge in [-0.1, -0.05) is 176 Å². The Morgan fingerprint density at radius 2 is 0.827 bits per heavy atom. The van der Waals surface area contributed by atoms with E-state index in [1.807, 2.05) is 11.3 Å². The van der Waals surface area contributed by atoms with E-state index in [9.17, 15) is 0 Å². The molecule has 1 aromatic heterocycles. The predicted molar refractivity (Wildman–Crippen MR) is 225 cm³/mol. The van der Waals surface area contributed by atoms with Gasteiger partial charge in [-0.15, -0.1) is 11.3 Å². The van der Waals surface area contributed by atoms with E-state index in [2.05, 4.69) is 205 Å². The first kappa shape index (κ1) is 30.4. The minimum atomic E-state index is 1.14. The van der Waals surface area contributed by atoms with Crippen molar-refractivity contribution in [1.29, 1.82) is 0 Å². The number of para-hydroxylation sites is 1. The van der Waals surface area contributed by atoms with E-state index < -0.39 is 0 Å². The summed E-state index contributed by atoms with van der Waals surface area (Å²) in [6, 6.07) is 73.0. The number of fused-ring (bicyclic) bond motifs is 6. The van der Waals surface area contributed by atoms with Gasteiger partial charge < -0.3 is 4.90 Å². The average Bonchev–Trinajstić information content (AvgIpc) is 3.61. The summed E-state index contributed by atoms with van der Waals surface area (Å²) in [7, 11) is 0. The first-order valence-corrected chi connectivity index (χ1v) is 18.6. The molecule has 1 nitrogen and oxygen atoms in total. The molecule has 0 saturated heterocycles. The van der Waals surface area contributed by atoms with Crippen molar-refractivity contribution in [3.63, 3.8) is 0 Å². The van der Waals surface area contributed by atoms with Crippen molar-refractivity contribution in [1.82, 2.24) is 0 Å². The minimum Gasteiger partial charge on any atom is -0.308 e. The molecule has 10 rings (SSSR count). The van der Waals surface area contributed by atoms with E-state index in [-0.39, 0.29) is 0 Å². The second-order valence-corrected chi connectivity index (χ2v) is 14.3. The van der Waals surface area contributed by atoms with Crippen LogP contribution in [0.1, 0.15) is 0 Å². The first-order chi connectivity index (χ1) is 25.8. The maximum Gasteiger partial charge on any atom is 0.0640 e. The van der Waals surface area contributed by atoms with Crippen molar-refractivity contribution in [3.05, 3.63) is 200 Å². The number of rotatable bonds is 6. The molecule has 0 aliphatic heterocycles. The summed E-state index contributed by atoms with van der Waals surface area (Å²) in [6.07, 6.45) is 0. The lowest BCUT2D eigenvalue weighted by atomic mass is 9.88. The van der Waals surface area contributed by atoms with Crippen molar-refractivity contribution >= 4 is 70.1 Å². The molecule has 0 unspecified atom stereocenters. The lowest BCUT2D eigenvalue weighted by Crippen LogP contribution is -2.12. The number of anilines is 3. The topological polar surface area (TPSA) is 3.24 Å². The summed E-state index contributed by atoms with van der Waals surface area (Å²) < 4.78 is 2.57. The summed E-state index contributed by atoms with van der Waals surface area (Å²) in [5.41, 5.74) is 10.7. The van der Waals surface area contributed by atoms with Crippen molar-refractivity contribution in [2.24, 2.45) is 0 Å². The molecule has 0 fully saturated rings. The predicted octanol–water partition coefficient (Wildman–Crippen LogP) is 14.8. The Hall–Kier alpha value is -6.48. The van der Waals surface area contributed by atoms with Gasteiger partial charge in [-0.25, -0.2) is 0 Å². The molecule has 52 heavy (non-hydrogen) atoms. The molecule has 0 bridgehead atoms. The normalized spacial score (nSPS) is 11.5.